The van der Waals surface area contributed by atoms with Gasteiger partial charge >= 0.3 is 18.3 Å². The zero-order valence-electron chi connectivity index (χ0n) is 9.66. The second kappa shape index (κ2) is 5.61. The molecule has 1 amide bonds. The number of halogens is 5. The minimum absolute atomic E-state index is 0. The van der Waals surface area contributed by atoms with Crippen LogP contribution in [0.4, 0.5) is 28.9 Å². The Morgan fingerprint density at radius 3 is 2.40 bits per heavy atom. The fourth-order valence-electron chi connectivity index (χ4n) is 1.37. The molecule has 0 aromatic heterocycles. The first kappa shape index (κ1) is 16.2. The van der Waals surface area contributed by atoms with Crippen molar-refractivity contribution in [2.45, 2.75) is 12.3 Å². The zero-order chi connectivity index (χ0) is 14.2. The van der Waals surface area contributed by atoms with Crippen molar-refractivity contribution in [2.24, 2.45) is 0 Å². The lowest BCUT2D eigenvalue weighted by Crippen LogP contribution is -2.41. The van der Waals surface area contributed by atoms with E-state index in [-0.39, 0.29) is 42.1 Å². The molecule has 0 fully saturated rings. The number of nitrogens with one attached hydrogen (secondary N) is 1. The molecular weight excluding hydrogens is 308 g/mol. The summed E-state index contributed by atoms with van der Waals surface area (Å²) in [7, 11) is 0. The Morgan fingerprint density at radius 1 is 1.30 bits per heavy atom. The van der Waals surface area contributed by atoms with E-state index in [2.05, 4.69) is 0 Å². The van der Waals surface area contributed by atoms with Gasteiger partial charge in [-0.2, -0.15) is 8.78 Å². The smallest absolute Gasteiger partial charge is 0.383 e. The standard InChI is InChI=1S/C10H8F4N2O3.ClH/c11-8(12)10(13,14)9(17)16-5-2-7-6(1-4(5)15)18-3-19-7;/h1-2,8H,3,15H2,(H,16,17);1H. The molecule has 5 nitrogen and oxygen atoms in total. The fraction of sp³-hybridized carbons (Fsp3) is 0.300. The van der Waals surface area contributed by atoms with Gasteiger partial charge in [-0.1, -0.05) is 0 Å². The molecule has 1 aromatic carbocycles. The van der Waals surface area contributed by atoms with Crippen molar-refractivity contribution in [2.75, 3.05) is 17.8 Å². The molecule has 0 spiro atoms. The van der Waals surface area contributed by atoms with Crippen molar-refractivity contribution >= 4 is 29.7 Å². The Balaban J connectivity index is 0.00000200. The highest BCUT2D eigenvalue weighted by molar-refractivity contribution is 5.99. The first-order valence-electron chi connectivity index (χ1n) is 4.99. The summed E-state index contributed by atoms with van der Waals surface area (Å²) in [5.41, 5.74) is 5.11. The molecule has 0 unspecified atom stereocenters. The van der Waals surface area contributed by atoms with Crippen LogP contribution in [0.1, 0.15) is 0 Å². The summed E-state index contributed by atoms with van der Waals surface area (Å²) < 4.78 is 59.4. The van der Waals surface area contributed by atoms with Crippen LogP contribution in [-0.4, -0.2) is 25.0 Å². The average Bonchev–Trinajstić information content (AvgIpc) is 2.76. The molecule has 0 aliphatic carbocycles. The summed E-state index contributed by atoms with van der Waals surface area (Å²) in [6.45, 7) is -0.0840. The molecule has 2 rings (SSSR count). The molecule has 1 aromatic rings. The van der Waals surface area contributed by atoms with Gasteiger partial charge in [0.15, 0.2) is 11.5 Å². The highest BCUT2D eigenvalue weighted by atomic mass is 35.5. The number of carbonyl (C=O) groups is 1. The maximum Gasteiger partial charge on any atom is 0.383 e. The third-order valence-corrected chi connectivity index (χ3v) is 2.37. The molecule has 1 heterocycles. The number of nitrogens with two attached hydrogens (primary N) is 1. The topological polar surface area (TPSA) is 73.6 Å². The minimum atomic E-state index is -4.80. The third kappa shape index (κ3) is 2.82. The van der Waals surface area contributed by atoms with E-state index < -0.39 is 18.3 Å². The van der Waals surface area contributed by atoms with Gasteiger partial charge in [0, 0.05) is 12.1 Å². The Labute approximate surface area is 116 Å². The zero-order valence-corrected chi connectivity index (χ0v) is 10.5. The summed E-state index contributed by atoms with van der Waals surface area (Å²) in [6, 6.07) is 2.36. The molecule has 1 aliphatic heterocycles. The Kier molecular flexibility index (Phi) is 4.53. The summed E-state index contributed by atoms with van der Waals surface area (Å²) in [4.78, 5) is 11.1. The maximum absolute atomic E-state index is 12.8. The van der Waals surface area contributed by atoms with Gasteiger partial charge in [0.25, 0.3) is 0 Å². The molecular formula is C10H9ClF4N2O3. The number of carbonyl (C=O) groups excluding carboxylic acids is 1. The van der Waals surface area contributed by atoms with E-state index in [1.54, 1.807) is 5.32 Å². The number of fused-ring (bicyclic) bond motifs is 1. The number of benzene rings is 1. The van der Waals surface area contributed by atoms with Crippen LogP contribution in [0.15, 0.2) is 12.1 Å². The molecule has 20 heavy (non-hydrogen) atoms. The van der Waals surface area contributed by atoms with Gasteiger partial charge in [-0.15, -0.1) is 12.4 Å². The van der Waals surface area contributed by atoms with Crippen molar-refractivity contribution < 1.29 is 31.8 Å². The van der Waals surface area contributed by atoms with Gasteiger partial charge in [0.2, 0.25) is 6.79 Å². The second-order valence-electron chi connectivity index (χ2n) is 3.67. The van der Waals surface area contributed by atoms with Crippen molar-refractivity contribution in [3.8, 4) is 11.5 Å². The first-order valence-corrected chi connectivity index (χ1v) is 4.99. The van der Waals surface area contributed by atoms with Gasteiger partial charge in [-0.3, -0.25) is 4.79 Å². The summed E-state index contributed by atoms with van der Waals surface area (Å²) >= 11 is 0. The Morgan fingerprint density at radius 2 is 1.85 bits per heavy atom. The van der Waals surface area contributed by atoms with Gasteiger partial charge in [-0.25, -0.2) is 8.78 Å². The molecule has 0 bridgehead atoms. The van der Waals surface area contributed by atoms with E-state index >= 15 is 0 Å². The van der Waals surface area contributed by atoms with Gasteiger partial charge < -0.3 is 20.5 Å². The van der Waals surface area contributed by atoms with Crippen molar-refractivity contribution in [1.29, 1.82) is 0 Å². The van der Waals surface area contributed by atoms with Gasteiger partial charge in [0.1, 0.15) is 0 Å². The monoisotopic (exact) mass is 316 g/mol. The number of amides is 1. The largest absolute Gasteiger partial charge is 0.454 e. The molecule has 0 saturated heterocycles. The van der Waals surface area contributed by atoms with Crippen LogP contribution in [0.5, 0.6) is 11.5 Å². The third-order valence-electron chi connectivity index (χ3n) is 2.37. The van der Waals surface area contributed by atoms with Crippen molar-refractivity contribution in [3.05, 3.63) is 12.1 Å². The number of nitrogen functional groups attached to an aromatic ring is 1. The van der Waals surface area contributed by atoms with E-state index in [0.717, 1.165) is 6.07 Å². The van der Waals surface area contributed by atoms with E-state index in [9.17, 15) is 22.4 Å². The van der Waals surface area contributed by atoms with Crippen LogP contribution in [-0.2, 0) is 4.79 Å². The quantitative estimate of drug-likeness (QED) is 0.662. The molecule has 10 heteroatoms. The lowest BCUT2D eigenvalue weighted by molar-refractivity contribution is -0.163. The lowest BCUT2D eigenvalue weighted by Gasteiger charge is -2.16. The molecule has 0 radical (unpaired) electrons. The SMILES string of the molecule is Cl.Nc1cc2c(cc1NC(=O)C(F)(F)C(F)F)OCO2. The summed E-state index contributed by atoms with van der Waals surface area (Å²) in [6.07, 6.45) is -4.11. The molecule has 0 atom stereocenters. The van der Waals surface area contributed by atoms with Crippen LogP contribution >= 0.6 is 12.4 Å². The van der Waals surface area contributed by atoms with Gasteiger partial charge in [0.05, 0.1) is 11.4 Å². The average molecular weight is 317 g/mol. The normalized spacial score (nSPS) is 13.1. The number of ether oxygens (including phenoxy) is 2. The van der Waals surface area contributed by atoms with Crippen LogP contribution in [0, 0.1) is 0 Å². The van der Waals surface area contributed by atoms with Crippen LogP contribution in [0.2, 0.25) is 0 Å². The predicted molar refractivity (Wildman–Crippen MR) is 63.8 cm³/mol. The van der Waals surface area contributed by atoms with E-state index in [1.165, 1.54) is 6.07 Å². The van der Waals surface area contributed by atoms with Gasteiger partial charge in [-0.05, 0) is 0 Å². The Hall–Kier alpha value is -1.90. The number of hydrogen-bond donors (Lipinski definition) is 2. The number of alkyl halides is 4. The maximum atomic E-state index is 12.8. The second-order valence-corrected chi connectivity index (χ2v) is 3.67. The highest BCUT2D eigenvalue weighted by Crippen LogP contribution is 2.38. The first-order chi connectivity index (χ1) is 8.82. The molecule has 3 N–H and O–H groups in total. The molecule has 0 saturated carbocycles. The lowest BCUT2D eigenvalue weighted by atomic mass is 10.2. The van der Waals surface area contributed by atoms with E-state index in [0.29, 0.717) is 0 Å². The highest BCUT2D eigenvalue weighted by Gasteiger charge is 2.49. The minimum Gasteiger partial charge on any atom is -0.454 e. The van der Waals surface area contributed by atoms with Crippen molar-refractivity contribution in [3.63, 3.8) is 0 Å². The number of hydrogen-bond acceptors (Lipinski definition) is 4. The van der Waals surface area contributed by atoms with Crippen LogP contribution in [0.25, 0.3) is 0 Å². The Bertz CT molecular complexity index is 527. The summed E-state index contributed by atoms with van der Waals surface area (Å²) in [5, 5.41) is 1.63. The van der Waals surface area contributed by atoms with Crippen molar-refractivity contribution in [1.82, 2.24) is 0 Å². The van der Waals surface area contributed by atoms with E-state index in [1.807, 2.05) is 0 Å². The predicted octanol–water partition coefficient (Wildman–Crippen LogP) is 2.26. The molecule has 1 aliphatic rings. The van der Waals surface area contributed by atoms with Crippen LogP contribution < -0.4 is 20.5 Å². The number of rotatable bonds is 3. The molecule has 112 valence electrons. The summed E-state index contributed by atoms with van der Waals surface area (Å²) in [5.74, 6) is -6.50. The van der Waals surface area contributed by atoms with E-state index in [4.69, 9.17) is 15.2 Å². The van der Waals surface area contributed by atoms with Crippen LogP contribution in [0.3, 0.4) is 0 Å². The number of anilines is 2. The fourth-order valence-corrected chi connectivity index (χ4v) is 1.37.